The van der Waals surface area contributed by atoms with E-state index in [0.717, 1.165) is 119 Å². The van der Waals surface area contributed by atoms with Gasteiger partial charge in [0.25, 0.3) is 0 Å². The number of rotatable bonds is 24. The molecule has 356 valence electrons. The molecule has 0 aromatic carbocycles. The maximum absolute atomic E-state index is 12.6. The van der Waals surface area contributed by atoms with E-state index in [2.05, 4.69) is 115 Å². The first-order valence-electron chi connectivity index (χ1n) is 25.7. The molecule has 0 spiro atoms. The van der Waals surface area contributed by atoms with Crippen molar-refractivity contribution >= 4 is 5.97 Å². The molecule has 0 aromatic rings. The Hall–Kier alpha value is -2.29. The lowest BCUT2D eigenvalue weighted by Gasteiger charge is -2.58. The summed E-state index contributed by atoms with van der Waals surface area (Å²) in [5.41, 5.74) is 2.10. The Labute approximate surface area is 384 Å². The average molecular weight is 875 g/mol. The van der Waals surface area contributed by atoms with Crippen molar-refractivity contribution in [1.82, 2.24) is 0 Å². The van der Waals surface area contributed by atoms with Crippen molar-refractivity contribution in [3.05, 3.63) is 72.4 Å². The van der Waals surface area contributed by atoms with Crippen LogP contribution >= 0.6 is 0 Å². The van der Waals surface area contributed by atoms with Gasteiger partial charge < -0.3 is 29.5 Å². The second-order valence-electron chi connectivity index (χ2n) is 21.3. The van der Waals surface area contributed by atoms with E-state index in [4.69, 9.17) is 14.2 Å². The lowest BCUT2D eigenvalue weighted by molar-refractivity contribution is -0.313. The fraction of sp³-hybridized carbons (Fsp3) is 0.768. The van der Waals surface area contributed by atoms with Crippen molar-refractivity contribution < 1.29 is 34.3 Å². The highest BCUT2D eigenvalue weighted by molar-refractivity contribution is 5.69. The number of unbranched alkanes of at least 4 members (excludes halogenated alkanes) is 3. The summed E-state index contributed by atoms with van der Waals surface area (Å²) in [6, 6.07) is 0. The van der Waals surface area contributed by atoms with E-state index in [1.807, 2.05) is 0 Å². The Kier molecular flexibility index (Phi) is 21.0. The Bertz CT molecular complexity index is 1560. The fourth-order valence-corrected chi connectivity index (χ4v) is 12.5. The SMILES string of the molecule is CC/C=C\C/C=C\C/C=C\C/C=C\C/C=C\CCCCCC(=O)OCC1OC(OC2CCC3(C)C(=CCC4C3CCC3(C)C(C(C)CCC(C)C(C)C)CCC43)C2)C(O)C(O)C1O. The molecule has 0 radical (unpaired) electrons. The summed E-state index contributed by atoms with van der Waals surface area (Å²) in [5, 5.41) is 32.6. The van der Waals surface area contributed by atoms with E-state index >= 15 is 0 Å². The zero-order chi connectivity index (χ0) is 45.4. The Morgan fingerprint density at radius 1 is 0.778 bits per heavy atom. The summed E-state index contributed by atoms with van der Waals surface area (Å²) in [6.07, 6.45) is 38.9. The quantitative estimate of drug-likeness (QED) is 0.0504. The Morgan fingerprint density at radius 2 is 1.44 bits per heavy atom. The van der Waals surface area contributed by atoms with Gasteiger partial charge in [-0.1, -0.05) is 140 Å². The number of allylic oxidation sites excluding steroid dienone is 11. The van der Waals surface area contributed by atoms with Gasteiger partial charge in [0.2, 0.25) is 0 Å². The number of aliphatic hydroxyl groups is 3. The monoisotopic (exact) mass is 875 g/mol. The standard InChI is InChI=1S/C56H90O7/c1-8-9-10-11-12-13-14-15-16-17-18-19-20-21-22-23-24-25-26-27-50(57)61-39-49-51(58)52(59)53(60)54(63-49)62-44-34-36-55(6)43(38-44)30-31-45-47-33-32-46(56(47,7)37-35-48(45)55)42(5)29-28-41(4)40(2)3/h9-10,12-13,15-16,18-19,21-22,30,40-42,44-49,51-54,58-60H,8,11,14,17,20,23-29,31-39H2,1-7H3/b10-9-,13-12-,16-15-,19-18-,22-21-. The number of hydrogen-bond acceptors (Lipinski definition) is 7. The van der Waals surface area contributed by atoms with E-state index in [9.17, 15) is 20.1 Å². The lowest BCUT2D eigenvalue weighted by atomic mass is 9.47. The van der Waals surface area contributed by atoms with Gasteiger partial charge in [-0.05, 0) is 155 Å². The molecule has 3 N–H and O–H groups in total. The molecule has 7 heteroatoms. The number of ether oxygens (including phenoxy) is 3. The van der Waals surface area contributed by atoms with Crippen molar-refractivity contribution in [3.8, 4) is 0 Å². The van der Waals surface area contributed by atoms with Gasteiger partial charge in [-0.3, -0.25) is 4.79 Å². The molecule has 0 aromatic heterocycles. The molecule has 63 heavy (non-hydrogen) atoms. The third-order valence-corrected chi connectivity index (χ3v) is 16.8. The van der Waals surface area contributed by atoms with Gasteiger partial charge in [0, 0.05) is 6.42 Å². The summed E-state index contributed by atoms with van der Waals surface area (Å²) in [6.45, 7) is 16.8. The van der Waals surface area contributed by atoms with E-state index in [0.29, 0.717) is 11.3 Å². The van der Waals surface area contributed by atoms with Crippen LogP contribution in [0, 0.1) is 52.3 Å². The summed E-state index contributed by atoms with van der Waals surface area (Å²) >= 11 is 0. The molecule has 0 bridgehead atoms. The van der Waals surface area contributed by atoms with Crippen LogP contribution in [0.3, 0.4) is 0 Å². The van der Waals surface area contributed by atoms with E-state index in [1.165, 1.54) is 44.1 Å². The van der Waals surface area contributed by atoms with Gasteiger partial charge in [0.15, 0.2) is 6.29 Å². The third-order valence-electron chi connectivity index (χ3n) is 16.8. The Balaban J connectivity index is 0.991. The first-order valence-corrected chi connectivity index (χ1v) is 25.7. The maximum atomic E-state index is 12.6. The molecule has 7 nitrogen and oxygen atoms in total. The summed E-state index contributed by atoms with van der Waals surface area (Å²) in [7, 11) is 0. The van der Waals surface area contributed by atoms with E-state index < -0.39 is 30.7 Å². The molecule has 5 aliphatic rings. The van der Waals surface area contributed by atoms with Gasteiger partial charge in [-0.15, -0.1) is 0 Å². The van der Waals surface area contributed by atoms with Crippen LogP contribution in [0.4, 0.5) is 0 Å². The maximum Gasteiger partial charge on any atom is 0.305 e. The normalized spacial score (nSPS) is 35.8. The van der Waals surface area contributed by atoms with Gasteiger partial charge in [0.05, 0.1) is 6.10 Å². The van der Waals surface area contributed by atoms with Crippen molar-refractivity contribution in [3.63, 3.8) is 0 Å². The van der Waals surface area contributed by atoms with Gasteiger partial charge in [0.1, 0.15) is 31.0 Å². The zero-order valence-corrected chi connectivity index (χ0v) is 40.7. The molecule has 14 atom stereocenters. The summed E-state index contributed by atoms with van der Waals surface area (Å²) in [5.74, 6) is 5.08. The minimum absolute atomic E-state index is 0.153. The molecular weight excluding hydrogens is 785 g/mol. The zero-order valence-electron chi connectivity index (χ0n) is 40.7. The van der Waals surface area contributed by atoms with Crippen LogP contribution in [0.1, 0.15) is 177 Å². The molecule has 1 saturated heterocycles. The van der Waals surface area contributed by atoms with Crippen LogP contribution in [-0.2, 0) is 19.0 Å². The fourth-order valence-electron chi connectivity index (χ4n) is 12.5. The van der Waals surface area contributed by atoms with Gasteiger partial charge in [-0.2, -0.15) is 0 Å². The van der Waals surface area contributed by atoms with Crippen molar-refractivity contribution in [2.75, 3.05) is 6.61 Å². The molecule has 4 fully saturated rings. The molecule has 3 saturated carbocycles. The minimum Gasteiger partial charge on any atom is -0.463 e. The minimum atomic E-state index is -1.46. The molecule has 5 rings (SSSR count). The van der Waals surface area contributed by atoms with Gasteiger partial charge >= 0.3 is 5.97 Å². The predicted molar refractivity (Wildman–Crippen MR) is 258 cm³/mol. The van der Waals surface area contributed by atoms with Crippen LogP contribution in [0.25, 0.3) is 0 Å². The number of fused-ring (bicyclic) bond motifs is 5. The van der Waals surface area contributed by atoms with Crippen LogP contribution in [-0.4, -0.2) is 64.7 Å². The molecule has 14 unspecified atom stereocenters. The van der Waals surface area contributed by atoms with E-state index in [1.54, 1.807) is 0 Å². The van der Waals surface area contributed by atoms with Crippen molar-refractivity contribution in [1.29, 1.82) is 0 Å². The van der Waals surface area contributed by atoms with Gasteiger partial charge in [-0.25, -0.2) is 0 Å². The highest BCUT2D eigenvalue weighted by Crippen LogP contribution is 2.67. The molecule has 1 aliphatic heterocycles. The van der Waals surface area contributed by atoms with Crippen molar-refractivity contribution in [2.45, 2.75) is 214 Å². The number of aliphatic hydroxyl groups excluding tert-OH is 3. The summed E-state index contributed by atoms with van der Waals surface area (Å²) in [4.78, 5) is 12.6. The number of carbonyl (C=O) groups excluding carboxylic acids is 1. The topological polar surface area (TPSA) is 105 Å². The first-order chi connectivity index (χ1) is 30.3. The Morgan fingerprint density at radius 3 is 2.11 bits per heavy atom. The second-order valence-corrected chi connectivity index (χ2v) is 21.3. The van der Waals surface area contributed by atoms with Crippen molar-refractivity contribution in [2.24, 2.45) is 52.3 Å². The van der Waals surface area contributed by atoms with E-state index in [-0.39, 0.29) is 30.5 Å². The van der Waals surface area contributed by atoms with Crippen LogP contribution < -0.4 is 0 Å². The predicted octanol–water partition coefficient (Wildman–Crippen LogP) is 12.7. The summed E-state index contributed by atoms with van der Waals surface area (Å²) < 4.78 is 18.0. The largest absolute Gasteiger partial charge is 0.463 e. The lowest BCUT2D eigenvalue weighted by Crippen LogP contribution is -2.60. The number of hydrogen-bond donors (Lipinski definition) is 3. The molecule has 4 aliphatic carbocycles. The second kappa shape index (κ2) is 25.6. The third kappa shape index (κ3) is 14.1. The number of esters is 1. The molecule has 0 amide bonds. The van der Waals surface area contributed by atoms with Crippen LogP contribution in [0.15, 0.2) is 72.4 Å². The number of carbonyl (C=O) groups is 1. The molecule has 1 heterocycles. The van der Waals surface area contributed by atoms with Crippen LogP contribution in [0.2, 0.25) is 0 Å². The average Bonchev–Trinajstić information content (AvgIpc) is 3.63. The van der Waals surface area contributed by atoms with Crippen LogP contribution in [0.5, 0.6) is 0 Å². The highest BCUT2D eigenvalue weighted by Gasteiger charge is 2.59. The highest BCUT2D eigenvalue weighted by atomic mass is 16.7. The first kappa shape index (κ1) is 51.7. The smallest absolute Gasteiger partial charge is 0.305 e. The molecular formula is C56H90O7.